The van der Waals surface area contributed by atoms with E-state index in [1.807, 2.05) is 38.1 Å². The van der Waals surface area contributed by atoms with Gasteiger partial charge in [-0.05, 0) is 71.3 Å². The predicted molar refractivity (Wildman–Crippen MR) is 111 cm³/mol. The number of unbranched alkanes of at least 4 members (excludes halogenated alkanes) is 1. The molecule has 2 heterocycles. The van der Waals surface area contributed by atoms with Crippen molar-refractivity contribution in [3.63, 3.8) is 0 Å². The summed E-state index contributed by atoms with van der Waals surface area (Å²) in [5, 5.41) is 3.90. The van der Waals surface area contributed by atoms with Crippen molar-refractivity contribution in [2.24, 2.45) is 0 Å². The molecule has 1 amide bonds. The van der Waals surface area contributed by atoms with Crippen molar-refractivity contribution in [2.75, 3.05) is 32.8 Å². The number of aromatic nitrogens is 1. The quantitative estimate of drug-likeness (QED) is 0.658. The molecule has 1 aliphatic heterocycles. The third kappa shape index (κ3) is 5.53. The summed E-state index contributed by atoms with van der Waals surface area (Å²) < 4.78 is 5.56. The number of nitrogens with zero attached hydrogens (tertiary/aromatic N) is 2. The molecule has 1 aromatic heterocycles. The minimum atomic E-state index is -0.0154. The summed E-state index contributed by atoms with van der Waals surface area (Å²) in [5.41, 5.74) is 1.77. The minimum Gasteiger partial charge on any atom is -0.494 e. The van der Waals surface area contributed by atoms with Gasteiger partial charge in [0.1, 0.15) is 15.6 Å². The number of carbonyl (C=O) groups excluding carboxylic acids is 1. The Morgan fingerprint density at radius 3 is 2.89 bits per heavy atom. The lowest BCUT2D eigenvalue weighted by molar-refractivity contribution is 0.0956. The van der Waals surface area contributed by atoms with E-state index in [-0.39, 0.29) is 5.91 Å². The van der Waals surface area contributed by atoms with Crippen LogP contribution < -0.4 is 10.1 Å². The highest BCUT2D eigenvalue weighted by atomic mass is 32.1. The largest absolute Gasteiger partial charge is 0.494 e. The summed E-state index contributed by atoms with van der Waals surface area (Å²) >= 11 is 1.44. The lowest BCUT2D eigenvalue weighted by Crippen LogP contribution is -2.26. The van der Waals surface area contributed by atoms with Crippen LogP contribution in [0.1, 0.15) is 48.0 Å². The Morgan fingerprint density at radius 1 is 1.30 bits per heavy atom. The molecule has 5 nitrogen and oxygen atoms in total. The van der Waals surface area contributed by atoms with E-state index in [2.05, 4.69) is 15.2 Å². The number of thiazole rings is 1. The first-order chi connectivity index (χ1) is 13.2. The van der Waals surface area contributed by atoms with E-state index in [4.69, 9.17) is 4.74 Å². The topological polar surface area (TPSA) is 54.5 Å². The van der Waals surface area contributed by atoms with E-state index in [0.717, 1.165) is 47.9 Å². The average molecular weight is 388 g/mol. The maximum Gasteiger partial charge on any atom is 0.263 e. The molecular formula is C21H29N3O2S. The van der Waals surface area contributed by atoms with Gasteiger partial charge in [-0.15, -0.1) is 11.3 Å². The van der Waals surface area contributed by atoms with Crippen LogP contribution in [-0.4, -0.2) is 48.6 Å². The Bertz CT molecular complexity index is 754. The van der Waals surface area contributed by atoms with Gasteiger partial charge in [-0.2, -0.15) is 0 Å². The fourth-order valence-electron chi connectivity index (χ4n) is 3.36. The van der Waals surface area contributed by atoms with Crippen molar-refractivity contribution in [1.29, 1.82) is 0 Å². The van der Waals surface area contributed by atoms with Gasteiger partial charge in [0.15, 0.2) is 0 Å². The molecule has 0 radical (unpaired) electrons. The number of aryl methyl sites for hydroxylation is 1. The number of hydrogen-bond acceptors (Lipinski definition) is 5. The molecule has 0 saturated carbocycles. The van der Waals surface area contributed by atoms with Gasteiger partial charge in [-0.25, -0.2) is 4.98 Å². The Balaban J connectivity index is 1.52. The number of nitrogens with one attached hydrogen (secondary N) is 1. The Labute approximate surface area is 165 Å². The molecule has 1 aliphatic rings. The van der Waals surface area contributed by atoms with Crippen LogP contribution in [0.3, 0.4) is 0 Å². The maximum absolute atomic E-state index is 12.5. The molecule has 27 heavy (non-hydrogen) atoms. The van der Waals surface area contributed by atoms with Gasteiger partial charge in [-0.3, -0.25) is 4.79 Å². The number of ether oxygens (including phenoxy) is 1. The van der Waals surface area contributed by atoms with Gasteiger partial charge in [0, 0.05) is 12.1 Å². The Morgan fingerprint density at radius 2 is 2.11 bits per heavy atom. The highest BCUT2D eigenvalue weighted by Gasteiger charge is 2.16. The molecule has 6 heteroatoms. The number of likely N-dealkylation sites (tertiary alicyclic amines) is 1. The Kier molecular flexibility index (Phi) is 7.24. The lowest BCUT2D eigenvalue weighted by Gasteiger charge is -2.13. The molecule has 0 aliphatic carbocycles. The molecule has 0 unspecified atom stereocenters. The molecule has 146 valence electrons. The third-order valence-electron chi connectivity index (χ3n) is 4.78. The first-order valence-electron chi connectivity index (χ1n) is 9.88. The smallest absolute Gasteiger partial charge is 0.263 e. The molecule has 2 aromatic rings. The molecule has 1 aromatic carbocycles. The van der Waals surface area contributed by atoms with Gasteiger partial charge < -0.3 is 15.0 Å². The van der Waals surface area contributed by atoms with Crippen molar-refractivity contribution in [3.8, 4) is 16.3 Å². The number of carbonyl (C=O) groups is 1. The summed E-state index contributed by atoms with van der Waals surface area (Å²) in [6, 6.07) is 7.86. The van der Waals surface area contributed by atoms with E-state index in [9.17, 15) is 4.79 Å². The van der Waals surface area contributed by atoms with Crippen molar-refractivity contribution >= 4 is 17.2 Å². The number of rotatable bonds is 9. The second-order valence-corrected chi connectivity index (χ2v) is 7.91. The zero-order valence-corrected chi connectivity index (χ0v) is 17.1. The zero-order chi connectivity index (χ0) is 19.1. The second-order valence-electron chi connectivity index (χ2n) is 6.91. The number of benzene rings is 1. The second kappa shape index (κ2) is 9.85. The van der Waals surface area contributed by atoms with Gasteiger partial charge >= 0.3 is 0 Å². The number of amides is 1. The summed E-state index contributed by atoms with van der Waals surface area (Å²) in [6.45, 7) is 8.84. The number of hydrogen-bond donors (Lipinski definition) is 1. The van der Waals surface area contributed by atoms with E-state index in [1.165, 1.54) is 37.3 Å². The molecule has 0 bridgehead atoms. The van der Waals surface area contributed by atoms with Gasteiger partial charge in [-0.1, -0.05) is 12.1 Å². The fraction of sp³-hybridized carbons (Fsp3) is 0.524. The molecule has 1 fully saturated rings. The normalized spacial score (nSPS) is 14.4. The highest BCUT2D eigenvalue weighted by Crippen LogP contribution is 2.30. The van der Waals surface area contributed by atoms with Crippen molar-refractivity contribution in [2.45, 2.75) is 39.5 Å². The molecule has 1 N–H and O–H groups in total. The van der Waals surface area contributed by atoms with Crippen LogP contribution in [0.15, 0.2) is 24.3 Å². The minimum absolute atomic E-state index is 0.0154. The van der Waals surface area contributed by atoms with Crippen LogP contribution >= 0.6 is 11.3 Å². The predicted octanol–water partition coefficient (Wildman–Crippen LogP) is 4.12. The molecule has 0 atom stereocenters. The van der Waals surface area contributed by atoms with Crippen LogP contribution in [0.4, 0.5) is 0 Å². The molecule has 0 spiro atoms. The molecule has 3 rings (SSSR count). The van der Waals surface area contributed by atoms with Crippen molar-refractivity contribution in [3.05, 3.63) is 34.8 Å². The summed E-state index contributed by atoms with van der Waals surface area (Å²) in [6.07, 6.45) is 4.81. The van der Waals surface area contributed by atoms with Crippen molar-refractivity contribution < 1.29 is 9.53 Å². The summed E-state index contributed by atoms with van der Waals surface area (Å²) in [4.78, 5) is 20.3. The van der Waals surface area contributed by atoms with Crippen LogP contribution in [0.5, 0.6) is 5.75 Å². The first kappa shape index (κ1) is 19.8. The standard InChI is InChI=1S/C21H29N3O2S/c1-3-26-18-10-8-9-17(15-18)21-23-16(2)19(27-21)20(25)22-11-4-5-12-24-13-6-7-14-24/h8-10,15H,3-7,11-14H2,1-2H3,(H,22,25). The van der Waals surface area contributed by atoms with E-state index in [1.54, 1.807) is 0 Å². The van der Waals surface area contributed by atoms with Gasteiger partial charge in [0.05, 0.1) is 12.3 Å². The summed E-state index contributed by atoms with van der Waals surface area (Å²) in [7, 11) is 0. The average Bonchev–Trinajstić information content (AvgIpc) is 3.31. The van der Waals surface area contributed by atoms with Gasteiger partial charge in [0.25, 0.3) is 5.91 Å². The maximum atomic E-state index is 12.5. The monoisotopic (exact) mass is 387 g/mol. The van der Waals surface area contributed by atoms with Crippen LogP contribution in [0.25, 0.3) is 10.6 Å². The van der Waals surface area contributed by atoms with Crippen LogP contribution in [0, 0.1) is 6.92 Å². The molecule has 1 saturated heterocycles. The van der Waals surface area contributed by atoms with Crippen LogP contribution in [0.2, 0.25) is 0 Å². The first-order valence-corrected chi connectivity index (χ1v) is 10.7. The highest BCUT2D eigenvalue weighted by molar-refractivity contribution is 7.17. The fourth-order valence-corrected chi connectivity index (χ4v) is 4.34. The SMILES string of the molecule is CCOc1cccc(-c2nc(C)c(C(=O)NCCCCN3CCCC3)s2)c1. The van der Waals surface area contributed by atoms with Crippen LogP contribution in [-0.2, 0) is 0 Å². The van der Waals surface area contributed by atoms with Crippen molar-refractivity contribution in [1.82, 2.24) is 15.2 Å². The van der Waals surface area contributed by atoms with E-state index >= 15 is 0 Å². The van der Waals surface area contributed by atoms with E-state index < -0.39 is 0 Å². The summed E-state index contributed by atoms with van der Waals surface area (Å²) in [5.74, 6) is 0.810. The Hall–Kier alpha value is -1.92. The zero-order valence-electron chi connectivity index (χ0n) is 16.3. The van der Waals surface area contributed by atoms with E-state index in [0.29, 0.717) is 11.5 Å². The van der Waals surface area contributed by atoms with Gasteiger partial charge in [0.2, 0.25) is 0 Å². The third-order valence-corrected chi connectivity index (χ3v) is 5.99. The molecular weight excluding hydrogens is 358 g/mol. The lowest BCUT2D eigenvalue weighted by atomic mass is 10.2.